The molecule has 0 saturated heterocycles. The number of hydrogen-bond donors (Lipinski definition) is 2. The third kappa shape index (κ3) is 5.67. The maximum Gasteiger partial charge on any atom is 0.336 e. The Morgan fingerprint density at radius 3 is 2.28 bits per heavy atom. The van der Waals surface area contributed by atoms with Crippen molar-refractivity contribution in [3.8, 4) is 17.2 Å². The van der Waals surface area contributed by atoms with Gasteiger partial charge in [0.25, 0.3) is 0 Å². The van der Waals surface area contributed by atoms with Gasteiger partial charge in [0.2, 0.25) is 0 Å². The number of nitrogens with one attached hydrogen (secondary N) is 1. The van der Waals surface area contributed by atoms with E-state index in [1.807, 2.05) is 61.5 Å². The molecule has 0 radical (unpaired) electrons. The number of para-hydroxylation sites is 1. The molecule has 0 bridgehead atoms. The molecule has 3 aromatic rings. The molecule has 0 unspecified atom stereocenters. The number of rotatable bonds is 8. The van der Waals surface area contributed by atoms with Crippen LogP contribution in [0.1, 0.15) is 42.7 Å². The number of Topliss-reactive ketones (excluding diaryl/α,β-unsaturated/α-hetero) is 1. The molecule has 0 aromatic heterocycles. The molecule has 3 aromatic carbocycles. The van der Waals surface area contributed by atoms with Gasteiger partial charge in [0.1, 0.15) is 30.5 Å². The zero-order valence-corrected chi connectivity index (χ0v) is 22.0. The molecule has 7 heteroatoms. The molecule has 7 nitrogen and oxygen atoms in total. The van der Waals surface area contributed by atoms with E-state index >= 15 is 0 Å². The number of ether oxygens (including phenoxy) is 3. The van der Waals surface area contributed by atoms with Gasteiger partial charge in [-0.25, -0.2) is 4.79 Å². The molecule has 2 N–H and O–H groups in total. The Balaban J connectivity index is 1.40. The van der Waals surface area contributed by atoms with Crippen molar-refractivity contribution in [1.82, 2.24) is 5.32 Å². The molecule has 0 saturated carbocycles. The molecule has 0 fully saturated rings. The van der Waals surface area contributed by atoms with Crippen LogP contribution in [0.3, 0.4) is 0 Å². The molecule has 0 spiro atoms. The van der Waals surface area contributed by atoms with Crippen LogP contribution >= 0.6 is 0 Å². The predicted molar refractivity (Wildman–Crippen MR) is 147 cm³/mol. The number of dihydropyridines is 1. The first-order chi connectivity index (χ1) is 18.9. The summed E-state index contributed by atoms with van der Waals surface area (Å²) in [6.07, 6.45) is 0.959. The SMILES string of the molecule is COc1ccc([C@H]2CC(=O)C3=C(C2)NC(C)=C(C(=O)OCCOc2ccccc2)[C@H]3c2ccc(O)cc2)cc1. The summed E-state index contributed by atoms with van der Waals surface area (Å²) in [5.41, 5.74) is 4.21. The number of carbonyl (C=O) groups is 2. The lowest BCUT2D eigenvalue weighted by Crippen LogP contribution is -2.36. The second-order valence-corrected chi connectivity index (χ2v) is 9.68. The first-order valence-electron chi connectivity index (χ1n) is 13.0. The topological polar surface area (TPSA) is 94.1 Å². The highest BCUT2D eigenvalue weighted by Gasteiger charge is 2.41. The van der Waals surface area contributed by atoms with Gasteiger partial charge in [-0.1, -0.05) is 42.5 Å². The minimum absolute atomic E-state index is 0.00607. The van der Waals surface area contributed by atoms with Gasteiger partial charge in [0, 0.05) is 29.3 Å². The van der Waals surface area contributed by atoms with Gasteiger partial charge in [-0.3, -0.25) is 4.79 Å². The molecule has 2 aliphatic rings. The zero-order chi connectivity index (χ0) is 27.4. The molecule has 200 valence electrons. The molecule has 1 heterocycles. The van der Waals surface area contributed by atoms with E-state index in [0.717, 1.165) is 22.6 Å². The standard InChI is InChI=1S/C32H31NO6/c1-20-29(32(36)39-17-16-38-26-6-4-3-5-7-26)30(22-8-12-24(34)13-9-22)31-27(33-20)18-23(19-28(31)35)21-10-14-25(37-2)15-11-21/h3-15,23,30,33-34H,16-19H2,1-2H3/t23-,30-/m1/s1. The van der Waals surface area contributed by atoms with Crippen molar-refractivity contribution in [3.63, 3.8) is 0 Å². The number of ketones is 1. The summed E-state index contributed by atoms with van der Waals surface area (Å²) in [6.45, 7) is 2.09. The fraction of sp³-hybridized carbons (Fsp3) is 0.250. The Hall–Kier alpha value is -4.52. The summed E-state index contributed by atoms with van der Waals surface area (Å²) in [6, 6.07) is 23.7. The van der Waals surface area contributed by atoms with Crippen LogP contribution in [0.5, 0.6) is 17.2 Å². The van der Waals surface area contributed by atoms with Crippen molar-refractivity contribution in [2.45, 2.75) is 31.6 Å². The van der Waals surface area contributed by atoms with Gasteiger partial charge in [0.05, 0.1) is 12.7 Å². The molecule has 1 aliphatic carbocycles. The number of methoxy groups -OCH3 is 1. The lowest BCUT2D eigenvalue weighted by atomic mass is 9.71. The third-order valence-electron chi connectivity index (χ3n) is 7.19. The van der Waals surface area contributed by atoms with Gasteiger partial charge in [-0.15, -0.1) is 0 Å². The van der Waals surface area contributed by atoms with Crippen LogP contribution in [0.15, 0.2) is 101 Å². The van der Waals surface area contributed by atoms with Crippen molar-refractivity contribution >= 4 is 11.8 Å². The van der Waals surface area contributed by atoms with E-state index < -0.39 is 11.9 Å². The fourth-order valence-electron chi connectivity index (χ4n) is 5.31. The lowest BCUT2D eigenvalue weighted by Gasteiger charge is -2.36. The van der Waals surface area contributed by atoms with E-state index in [1.165, 1.54) is 0 Å². The maximum atomic E-state index is 13.7. The van der Waals surface area contributed by atoms with E-state index in [9.17, 15) is 14.7 Å². The quantitative estimate of drug-likeness (QED) is 0.301. The van der Waals surface area contributed by atoms with Crippen molar-refractivity contribution in [2.75, 3.05) is 20.3 Å². The Labute approximate surface area is 227 Å². The van der Waals surface area contributed by atoms with Crippen LogP contribution in [0.25, 0.3) is 0 Å². The van der Waals surface area contributed by atoms with E-state index in [-0.39, 0.29) is 30.7 Å². The van der Waals surface area contributed by atoms with Gasteiger partial charge >= 0.3 is 5.97 Å². The fourth-order valence-corrected chi connectivity index (χ4v) is 5.31. The van der Waals surface area contributed by atoms with Crippen molar-refractivity contribution in [3.05, 3.63) is 113 Å². The second kappa shape index (κ2) is 11.5. The maximum absolute atomic E-state index is 13.7. The highest BCUT2D eigenvalue weighted by Crippen LogP contribution is 2.46. The molecule has 0 amide bonds. The Morgan fingerprint density at radius 2 is 1.59 bits per heavy atom. The number of phenolic OH excluding ortho intramolecular Hbond substituents is 1. The number of hydrogen-bond acceptors (Lipinski definition) is 7. The van der Waals surface area contributed by atoms with Gasteiger partial charge in [-0.2, -0.15) is 0 Å². The average Bonchev–Trinajstić information content (AvgIpc) is 2.95. The Morgan fingerprint density at radius 1 is 0.897 bits per heavy atom. The van der Waals surface area contributed by atoms with Crippen LogP contribution < -0.4 is 14.8 Å². The third-order valence-corrected chi connectivity index (χ3v) is 7.19. The van der Waals surface area contributed by atoms with Crippen LogP contribution in [-0.2, 0) is 14.3 Å². The number of allylic oxidation sites excluding steroid dienone is 3. The predicted octanol–water partition coefficient (Wildman–Crippen LogP) is 5.38. The van der Waals surface area contributed by atoms with Crippen molar-refractivity contribution in [1.29, 1.82) is 0 Å². The summed E-state index contributed by atoms with van der Waals surface area (Å²) >= 11 is 0. The zero-order valence-electron chi connectivity index (χ0n) is 22.0. The average molecular weight is 526 g/mol. The summed E-state index contributed by atoms with van der Waals surface area (Å²) < 4.78 is 16.6. The van der Waals surface area contributed by atoms with Crippen LogP contribution in [0, 0.1) is 0 Å². The molecule has 5 rings (SSSR count). The minimum Gasteiger partial charge on any atom is -0.508 e. The molecule has 2 atom stereocenters. The Kier molecular flexibility index (Phi) is 7.68. The summed E-state index contributed by atoms with van der Waals surface area (Å²) in [5, 5.41) is 13.2. The molecule has 1 aliphatic heterocycles. The van der Waals surface area contributed by atoms with Crippen LogP contribution in [0.4, 0.5) is 0 Å². The van der Waals surface area contributed by atoms with Crippen molar-refractivity contribution < 1.29 is 28.9 Å². The van der Waals surface area contributed by atoms with E-state index in [0.29, 0.717) is 35.4 Å². The number of phenols is 1. The second-order valence-electron chi connectivity index (χ2n) is 9.68. The van der Waals surface area contributed by atoms with E-state index in [4.69, 9.17) is 14.2 Å². The highest BCUT2D eigenvalue weighted by molar-refractivity contribution is 6.04. The van der Waals surface area contributed by atoms with Gasteiger partial charge < -0.3 is 24.6 Å². The van der Waals surface area contributed by atoms with E-state index in [1.54, 1.807) is 31.4 Å². The first-order valence-corrected chi connectivity index (χ1v) is 13.0. The number of carbonyl (C=O) groups excluding carboxylic acids is 2. The minimum atomic E-state index is -0.603. The van der Waals surface area contributed by atoms with Crippen LogP contribution in [-0.4, -0.2) is 37.2 Å². The van der Waals surface area contributed by atoms with E-state index in [2.05, 4.69) is 5.32 Å². The summed E-state index contributed by atoms with van der Waals surface area (Å²) in [7, 11) is 1.62. The normalized spacial score (nSPS) is 18.8. The van der Waals surface area contributed by atoms with Crippen molar-refractivity contribution in [2.24, 2.45) is 0 Å². The molecular formula is C32H31NO6. The highest BCUT2D eigenvalue weighted by atomic mass is 16.6. The number of aromatic hydroxyl groups is 1. The summed E-state index contributed by atoms with van der Waals surface area (Å²) in [4.78, 5) is 27.1. The number of esters is 1. The van der Waals surface area contributed by atoms with Crippen LogP contribution in [0.2, 0.25) is 0 Å². The largest absolute Gasteiger partial charge is 0.508 e. The smallest absolute Gasteiger partial charge is 0.336 e. The molecule has 39 heavy (non-hydrogen) atoms. The molecular weight excluding hydrogens is 494 g/mol. The van der Waals surface area contributed by atoms with Gasteiger partial charge in [-0.05, 0) is 66.8 Å². The van der Waals surface area contributed by atoms with Gasteiger partial charge in [0.15, 0.2) is 5.78 Å². The summed E-state index contributed by atoms with van der Waals surface area (Å²) in [5.74, 6) is 0.443. The number of benzene rings is 3. The monoisotopic (exact) mass is 525 g/mol. The Bertz CT molecular complexity index is 1410. The lowest BCUT2D eigenvalue weighted by molar-refractivity contribution is -0.140. The first kappa shape index (κ1) is 26.1.